The SMILES string of the molecule is Cc1ccc(NC(=O)[C@H](c2ccccc2)[NH+](C)Cc2ccc(C)o2)cc1. The van der Waals surface area contributed by atoms with Crippen molar-refractivity contribution in [1.82, 2.24) is 0 Å². The molecule has 0 aliphatic heterocycles. The number of anilines is 1. The summed E-state index contributed by atoms with van der Waals surface area (Å²) < 4.78 is 5.70. The van der Waals surface area contributed by atoms with Gasteiger partial charge in [-0.15, -0.1) is 0 Å². The molecule has 1 amide bonds. The summed E-state index contributed by atoms with van der Waals surface area (Å²) in [7, 11) is 2.02. The molecule has 0 aliphatic carbocycles. The van der Waals surface area contributed by atoms with Crippen LogP contribution in [0.5, 0.6) is 0 Å². The molecule has 4 nitrogen and oxygen atoms in total. The van der Waals surface area contributed by atoms with Gasteiger partial charge in [0.2, 0.25) is 0 Å². The van der Waals surface area contributed by atoms with E-state index in [-0.39, 0.29) is 11.9 Å². The molecule has 3 aromatic rings. The first-order valence-electron chi connectivity index (χ1n) is 8.83. The van der Waals surface area contributed by atoms with Crippen molar-refractivity contribution in [3.63, 3.8) is 0 Å². The molecule has 1 unspecified atom stereocenters. The topological polar surface area (TPSA) is 46.7 Å². The quantitative estimate of drug-likeness (QED) is 0.717. The summed E-state index contributed by atoms with van der Waals surface area (Å²) in [5, 5.41) is 3.05. The second kappa shape index (κ2) is 8.02. The molecule has 3 rings (SSSR count). The summed E-state index contributed by atoms with van der Waals surface area (Å²) in [6, 6.07) is 21.3. The molecule has 2 aromatic carbocycles. The second-order valence-electron chi connectivity index (χ2n) is 6.73. The van der Waals surface area contributed by atoms with Gasteiger partial charge in [-0.2, -0.15) is 0 Å². The van der Waals surface area contributed by atoms with Crippen molar-refractivity contribution >= 4 is 11.6 Å². The molecule has 0 saturated heterocycles. The first-order chi connectivity index (χ1) is 12.5. The van der Waals surface area contributed by atoms with Crippen LogP contribution in [0.1, 0.15) is 28.7 Å². The lowest BCUT2D eigenvalue weighted by Gasteiger charge is -2.24. The van der Waals surface area contributed by atoms with Crippen LogP contribution >= 0.6 is 0 Å². The van der Waals surface area contributed by atoms with Crippen molar-refractivity contribution in [2.45, 2.75) is 26.4 Å². The summed E-state index contributed by atoms with van der Waals surface area (Å²) in [5.74, 6) is 1.73. The molecule has 2 atom stereocenters. The zero-order valence-corrected chi connectivity index (χ0v) is 15.5. The third-order valence-corrected chi connectivity index (χ3v) is 4.46. The molecule has 0 radical (unpaired) electrons. The van der Waals surface area contributed by atoms with Crippen LogP contribution in [0.3, 0.4) is 0 Å². The molecular weight excluding hydrogens is 324 g/mol. The van der Waals surface area contributed by atoms with Gasteiger partial charge >= 0.3 is 0 Å². The number of nitrogens with one attached hydrogen (secondary N) is 2. The number of benzene rings is 2. The fraction of sp³-hybridized carbons (Fsp3) is 0.227. The number of hydrogen-bond acceptors (Lipinski definition) is 2. The Morgan fingerprint density at radius 3 is 2.31 bits per heavy atom. The van der Waals surface area contributed by atoms with Crippen LogP contribution in [0.2, 0.25) is 0 Å². The molecule has 2 N–H and O–H groups in total. The zero-order chi connectivity index (χ0) is 18.5. The van der Waals surface area contributed by atoms with Crippen LogP contribution in [0, 0.1) is 13.8 Å². The van der Waals surface area contributed by atoms with Crippen LogP contribution < -0.4 is 10.2 Å². The van der Waals surface area contributed by atoms with Gasteiger partial charge in [0.15, 0.2) is 11.8 Å². The number of aryl methyl sites for hydroxylation is 2. The zero-order valence-electron chi connectivity index (χ0n) is 15.5. The molecule has 0 bridgehead atoms. The molecular formula is C22H25N2O2+. The lowest BCUT2D eigenvalue weighted by molar-refractivity contribution is -0.916. The van der Waals surface area contributed by atoms with Gasteiger partial charge in [-0.05, 0) is 38.1 Å². The number of carbonyl (C=O) groups is 1. The van der Waals surface area contributed by atoms with Crippen LogP contribution in [0.15, 0.2) is 71.1 Å². The highest BCUT2D eigenvalue weighted by Crippen LogP contribution is 2.15. The minimum absolute atomic E-state index is 0.0270. The highest BCUT2D eigenvalue weighted by atomic mass is 16.3. The number of amides is 1. The number of hydrogen-bond donors (Lipinski definition) is 2. The Morgan fingerprint density at radius 2 is 1.69 bits per heavy atom. The van der Waals surface area contributed by atoms with E-state index in [1.807, 2.05) is 87.6 Å². The van der Waals surface area contributed by atoms with Gasteiger partial charge in [0.25, 0.3) is 5.91 Å². The van der Waals surface area contributed by atoms with Gasteiger partial charge in [0.1, 0.15) is 12.3 Å². The molecule has 0 spiro atoms. The number of carbonyl (C=O) groups excluding carboxylic acids is 1. The minimum atomic E-state index is -0.331. The lowest BCUT2D eigenvalue weighted by atomic mass is 10.0. The van der Waals surface area contributed by atoms with Crippen molar-refractivity contribution in [2.75, 3.05) is 12.4 Å². The van der Waals surface area contributed by atoms with Crippen LogP contribution in [0.4, 0.5) is 5.69 Å². The monoisotopic (exact) mass is 349 g/mol. The van der Waals surface area contributed by atoms with Crippen molar-refractivity contribution in [3.05, 3.63) is 89.4 Å². The Bertz CT molecular complexity index is 853. The van der Waals surface area contributed by atoms with E-state index in [4.69, 9.17) is 4.42 Å². The lowest BCUT2D eigenvalue weighted by Crippen LogP contribution is -3.09. The average Bonchev–Trinajstić information content (AvgIpc) is 3.03. The molecule has 0 saturated carbocycles. The Labute approximate surface area is 154 Å². The van der Waals surface area contributed by atoms with Crippen molar-refractivity contribution < 1.29 is 14.1 Å². The standard InChI is InChI=1S/C22H24N2O2/c1-16-9-12-19(13-10-16)23-22(25)21(18-7-5-4-6-8-18)24(3)15-20-14-11-17(2)26-20/h4-14,21H,15H2,1-3H3,(H,23,25)/p+1/t21-/m0/s1. The third kappa shape index (κ3) is 4.41. The van der Waals surface area contributed by atoms with Crippen molar-refractivity contribution in [3.8, 4) is 0 Å². The van der Waals surface area contributed by atoms with E-state index in [1.54, 1.807) is 0 Å². The highest BCUT2D eigenvalue weighted by Gasteiger charge is 2.29. The van der Waals surface area contributed by atoms with E-state index < -0.39 is 0 Å². The Morgan fingerprint density at radius 1 is 1.00 bits per heavy atom. The van der Waals surface area contributed by atoms with E-state index in [9.17, 15) is 4.79 Å². The minimum Gasteiger partial charge on any atom is -0.460 e. The Balaban J connectivity index is 1.82. The van der Waals surface area contributed by atoms with E-state index in [2.05, 4.69) is 5.32 Å². The number of furan rings is 1. The van der Waals surface area contributed by atoms with E-state index in [0.29, 0.717) is 6.54 Å². The normalized spacial score (nSPS) is 13.2. The summed E-state index contributed by atoms with van der Waals surface area (Å²) in [6.07, 6.45) is 0. The molecule has 26 heavy (non-hydrogen) atoms. The number of quaternary nitrogens is 1. The highest BCUT2D eigenvalue weighted by molar-refractivity contribution is 5.94. The van der Waals surface area contributed by atoms with E-state index >= 15 is 0 Å². The van der Waals surface area contributed by atoms with Gasteiger partial charge in [-0.1, -0.05) is 48.0 Å². The molecule has 4 heteroatoms. The van der Waals surface area contributed by atoms with Crippen molar-refractivity contribution in [2.24, 2.45) is 0 Å². The van der Waals surface area contributed by atoms with Gasteiger partial charge in [-0.25, -0.2) is 0 Å². The van der Waals surface area contributed by atoms with E-state index in [1.165, 1.54) is 5.56 Å². The molecule has 1 aromatic heterocycles. The first kappa shape index (κ1) is 18.0. The molecule has 134 valence electrons. The maximum Gasteiger partial charge on any atom is 0.287 e. The summed E-state index contributed by atoms with van der Waals surface area (Å²) >= 11 is 0. The average molecular weight is 349 g/mol. The molecule has 1 heterocycles. The fourth-order valence-corrected chi connectivity index (χ4v) is 3.11. The fourth-order valence-electron chi connectivity index (χ4n) is 3.11. The van der Waals surface area contributed by atoms with Crippen molar-refractivity contribution in [1.29, 1.82) is 0 Å². The van der Waals surface area contributed by atoms with Gasteiger partial charge in [0.05, 0.1) is 7.05 Å². The molecule has 0 aliphatic rings. The van der Waals surface area contributed by atoms with Crippen LogP contribution in [-0.2, 0) is 11.3 Å². The molecule has 0 fully saturated rings. The Kier molecular flexibility index (Phi) is 5.54. The van der Waals surface area contributed by atoms with Crippen LogP contribution in [-0.4, -0.2) is 13.0 Å². The largest absolute Gasteiger partial charge is 0.460 e. The van der Waals surface area contributed by atoms with Gasteiger partial charge in [0, 0.05) is 11.3 Å². The first-order valence-corrected chi connectivity index (χ1v) is 8.83. The number of likely N-dealkylation sites (N-methyl/N-ethyl adjacent to an activating group) is 1. The number of rotatable bonds is 6. The predicted octanol–water partition coefficient (Wildman–Crippen LogP) is 3.29. The summed E-state index contributed by atoms with van der Waals surface area (Å²) in [5.41, 5.74) is 2.96. The third-order valence-electron chi connectivity index (χ3n) is 4.46. The summed E-state index contributed by atoms with van der Waals surface area (Å²) in [6.45, 7) is 4.59. The maximum atomic E-state index is 13.1. The van der Waals surface area contributed by atoms with Crippen LogP contribution in [0.25, 0.3) is 0 Å². The van der Waals surface area contributed by atoms with Gasteiger partial charge < -0.3 is 14.6 Å². The Hall–Kier alpha value is -2.85. The predicted molar refractivity (Wildman–Crippen MR) is 103 cm³/mol. The summed E-state index contributed by atoms with van der Waals surface area (Å²) in [4.78, 5) is 14.1. The van der Waals surface area contributed by atoms with E-state index in [0.717, 1.165) is 27.7 Å². The smallest absolute Gasteiger partial charge is 0.287 e. The van der Waals surface area contributed by atoms with Gasteiger partial charge in [-0.3, -0.25) is 4.79 Å². The second-order valence-corrected chi connectivity index (χ2v) is 6.73. The maximum absolute atomic E-state index is 13.1.